The van der Waals surface area contributed by atoms with Crippen molar-refractivity contribution in [1.29, 1.82) is 0 Å². The van der Waals surface area contributed by atoms with Gasteiger partial charge in [0.1, 0.15) is 0 Å². The third-order valence-corrected chi connectivity index (χ3v) is 6.11. The molecule has 4 aromatic rings. The largest absolute Gasteiger partial charge is 0.399 e. The summed E-state index contributed by atoms with van der Waals surface area (Å²) in [4.78, 5) is 5.00. The van der Waals surface area contributed by atoms with Crippen LogP contribution in [-0.4, -0.2) is 11.4 Å². The number of hydrogen-bond donors (Lipinski definition) is 2. The fourth-order valence-electron chi connectivity index (χ4n) is 4.19. The van der Waals surface area contributed by atoms with E-state index in [1.165, 1.54) is 0 Å². The van der Waals surface area contributed by atoms with Crippen molar-refractivity contribution in [2.45, 2.75) is 0 Å². The summed E-state index contributed by atoms with van der Waals surface area (Å²) in [6, 6.07) is 36.8. The number of hydrogen-bond acceptors (Lipinski definition) is 2. The Bertz CT molecular complexity index is 1520. The number of nitrogen functional groups attached to an aromatic ring is 1. The maximum absolute atomic E-state index is 5.95. The molecule has 4 N–H and O–H groups in total. The standard InChI is InChI=1S/C34H27N3/c35-30-18-12-27(13-19-30)34(28-14-20-31(36)21-15-28)29-16-22-32(23-17-29)37-33(26-9-5-2-6-10-26)24-11-25-7-3-1-4-8-25/h1-24,35H,36H2/p+1. The van der Waals surface area contributed by atoms with E-state index in [1.807, 2.05) is 60.7 Å². The Morgan fingerprint density at radius 2 is 1.19 bits per heavy atom. The van der Waals surface area contributed by atoms with E-state index in [1.54, 1.807) is 0 Å². The zero-order valence-electron chi connectivity index (χ0n) is 20.5. The minimum Gasteiger partial charge on any atom is -0.399 e. The van der Waals surface area contributed by atoms with E-state index in [-0.39, 0.29) is 0 Å². The monoisotopic (exact) mass is 478 g/mol. The number of anilines is 1. The summed E-state index contributed by atoms with van der Waals surface area (Å²) in [5, 5.41) is 5.95. The minimum atomic E-state index is 0.738. The highest BCUT2D eigenvalue weighted by molar-refractivity contribution is 6.12. The molecule has 5 rings (SSSR count). The molecule has 3 heteroatoms. The maximum atomic E-state index is 5.95. The lowest BCUT2D eigenvalue weighted by Crippen LogP contribution is -2.37. The zero-order chi connectivity index (χ0) is 25.5. The van der Waals surface area contributed by atoms with Crippen molar-refractivity contribution in [2.24, 2.45) is 4.99 Å². The quantitative estimate of drug-likeness (QED) is 0.250. The van der Waals surface area contributed by atoms with Crippen LogP contribution >= 0.6 is 0 Å². The van der Waals surface area contributed by atoms with E-state index in [0.29, 0.717) is 0 Å². The van der Waals surface area contributed by atoms with Crippen molar-refractivity contribution < 1.29 is 5.41 Å². The van der Waals surface area contributed by atoms with Crippen molar-refractivity contribution in [3.05, 3.63) is 167 Å². The molecule has 0 aliphatic heterocycles. The Hall–Kier alpha value is -5.02. The molecular formula is C34H28N3+. The summed E-state index contributed by atoms with van der Waals surface area (Å²) in [7, 11) is 0. The molecule has 0 radical (unpaired) electrons. The maximum Gasteiger partial charge on any atom is 0.196 e. The van der Waals surface area contributed by atoms with Crippen molar-refractivity contribution >= 4 is 34.4 Å². The van der Waals surface area contributed by atoms with Gasteiger partial charge in [-0.3, -0.25) is 5.41 Å². The van der Waals surface area contributed by atoms with Crippen LogP contribution in [0.4, 0.5) is 11.4 Å². The second kappa shape index (κ2) is 11.1. The Labute approximate surface area is 217 Å². The molecule has 1 aliphatic rings. The number of nitrogens with zero attached hydrogens (tertiary/aromatic N) is 1. The molecule has 0 aromatic heterocycles. The van der Waals surface area contributed by atoms with Gasteiger partial charge in [0.05, 0.1) is 11.4 Å². The van der Waals surface area contributed by atoms with E-state index >= 15 is 0 Å². The molecule has 3 nitrogen and oxygen atoms in total. The van der Waals surface area contributed by atoms with Crippen LogP contribution in [0.3, 0.4) is 0 Å². The van der Waals surface area contributed by atoms with Gasteiger partial charge in [-0.2, -0.15) is 0 Å². The Morgan fingerprint density at radius 1 is 0.622 bits per heavy atom. The van der Waals surface area contributed by atoms with Crippen molar-refractivity contribution in [3.8, 4) is 0 Å². The van der Waals surface area contributed by atoms with Crippen molar-refractivity contribution in [3.63, 3.8) is 0 Å². The smallest absolute Gasteiger partial charge is 0.196 e. The molecule has 0 saturated heterocycles. The lowest BCUT2D eigenvalue weighted by molar-refractivity contribution is -0.110. The molecule has 0 unspecified atom stereocenters. The van der Waals surface area contributed by atoms with Gasteiger partial charge in [0.2, 0.25) is 0 Å². The molecule has 0 saturated carbocycles. The molecule has 0 atom stereocenters. The third-order valence-electron chi connectivity index (χ3n) is 6.11. The molecule has 0 fully saturated rings. The van der Waals surface area contributed by atoms with E-state index in [0.717, 1.165) is 56.2 Å². The third kappa shape index (κ3) is 5.98. The topological polar surface area (TPSA) is 64.0 Å². The summed E-state index contributed by atoms with van der Waals surface area (Å²) in [6.07, 6.45) is 12.1. The van der Waals surface area contributed by atoms with Crippen LogP contribution in [0, 0.1) is 0 Å². The predicted molar refractivity (Wildman–Crippen MR) is 157 cm³/mol. The Kier molecular flexibility index (Phi) is 7.14. The Balaban J connectivity index is 1.53. The first-order valence-corrected chi connectivity index (χ1v) is 12.2. The molecule has 1 aliphatic carbocycles. The van der Waals surface area contributed by atoms with Gasteiger partial charge in [0.25, 0.3) is 0 Å². The first kappa shape index (κ1) is 23.7. The average molecular weight is 479 g/mol. The van der Waals surface area contributed by atoms with Crippen LogP contribution < -0.4 is 11.1 Å². The van der Waals surface area contributed by atoms with Crippen LogP contribution in [-0.2, 0) is 0 Å². The predicted octanol–water partition coefficient (Wildman–Crippen LogP) is 6.23. The zero-order valence-corrected chi connectivity index (χ0v) is 20.5. The van der Waals surface area contributed by atoms with Gasteiger partial charge in [-0.1, -0.05) is 91.0 Å². The number of benzene rings is 4. The van der Waals surface area contributed by atoms with Gasteiger partial charge < -0.3 is 5.73 Å². The van der Waals surface area contributed by atoms with Crippen LogP contribution in [0.2, 0.25) is 0 Å². The summed E-state index contributed by atoms with van der Waals surface area (Å²) in [5.41, 5.74) is 15.8. The molecule has 0 bridgehead atoms. The molecule has 4 aromatic carbocycles. The van der Waals surface area contributed by atoms with Crippen LogP contribution in [0.1, 0.15) is 22.3 Å². The van der Waals surface area contributed by atoms with Gasteiger partial charge >= 0.3 is 0 Å². The summed E-state index contributed by atoms with van der Waals surface area (Å²) >= 11 is 0. The van der Waals surface area contributed by atoms with E-state index < -0.39 is 0 Å². The fourth-order valence-corrected chi connectivity index (χ4v) is 4.19. The van der Waals surface area contributed by atoms with Crippen LogP contribution in [0.5, 0.6) is 0 Å². The average Bonchev–Trinajstić information content (AvgIpc) is 2.95. The molecule has 0 spiro atoms. The van der Waals surface area contributed by atoms with Crippen molar-refractivity contribution in [2.75, 3.05) is 5.73 Å². The second-order valence-corrected chi connectivity index (χ2v) is 8.77. The van der Waals surface area contributed by atoms with Gasteiger partial charge in [-0.05, 0) is 70.3 Å². The fraction of sp³-hybridized carbons (Fsp3) is 0. The first-order chi connectivity index (χ1) is 18.2. The summed E-state index contributed by atoms with van der Waals surface area (Å²) in [5.74, 6) is 0. The van der Waals surface area contributed by atoms with Gasteiger partial charge in [0, 0.05) is 23.4 Å². The van der Waals surface area contributed by atoms with E-state index in [4.69, 9.17) is 16.1 Å². The SMILES string of the molecule is Nc1ccc(C(=C2C=CC(=[NH2+])C=C2)c2ccc(N=C(C=Cc3ccccc3)c3ccccc3)cc2)cc1. The molecule has 0 heterocycles. The highest BCUT2D eigenvalue weighted by Crippen LogP contribution is 2.31. The highest BCUT2D eigenvalue weighted by Gasteiger charge is 2.12. The number of nitrogens with two attached hydrogens (primary N) is 2. The second-order valence-electron chi connectivity index (χ2n) is 8.77. The van der Waals surface area contributed by atoms with E-state index in [2.05, 4.69) is 85.0 Å². The minimum absolute atomic E-state index is 0.738. The van der Waals surface area contributed by atoms with Gasteiger partial charge in [0.15, 0.2) is 5.71 Å². The first-order valence-electron chi connectivity index (χ1n) is 12.2. The van der Waals surface area contributed by atoms with Gasteiger partial charge in [-0.15, -0.1) is 0 Å². The molecule has 37 heavy (non-hydrogen) atoms. The molecule has 178 valence electrons. The number of allylic oxidation sites excluding steroid dienone is 6. The molecular weight excluding hydrogens is 450 g/mol. The van der Waals surface area contributed by atoms with Crippen LogP contribution in [0.15, 0.2) is 150 Å². The number of aliphatic imine (C=N–C) groups is 1. The lowest BCUT2D eigenvalue weighted by atomic mass is 9.90. The summed E-state index contributed by atoms with van der Waals surface area (Å²) < 4.78 is 0. The highest BCUT2D eigenvalue weighted by atomic mass is 14.7. The van der Waals surface area contributed by atoms with Crippen molar-refractivity contribution in [1.82, 2.24) is 0 Å². The van der Waals surface area contributed by atoms with Gasteiger partial charge in [-0.25, -0.2) is 4.99 Å². The number of rotatable bonds is 6. The van der Waals surface area contributed by atoms with E-state index in [9.17, 15) is 0 Å². The Morgan fingerprint density at radius 3 is 1.81 bits per heavy atom. The molecule has 0 amide bonds. The summed E-state index contributed by atoms with van der Waals surface area (Å²) in [6.45, 7) is 0. The normalized spacial score (nSPS) is 13.4. The van der Waals surface area contributed by atoms with Crippen LogP contribution in [0.25, 0.3) is 11.6 Å². The lowest BCUT2D eigenvalue weighted by Gasteiger charge is -2.14.